The van der Waals surface area contributed by atoms with Crippen LogP contribution in [0.1, 0.15) is 25.3 Å². The summed E-state index contributed by atoms with van der Waals surface area (Å²) in [5.41, 5.74) is 5.13. The topological polar surface area (TPSA) is 26.3 Å². The lowest BCUT2D eigenvalue weighted by molar-refractivity contribution is -0.134. The van der Waals surface area contributed by atoms with Crippen LogP contribution in [0.4, 0.5) is 0 Å². The van der Waals surface area contributed by atoms with E-state index in [1.165, 1.54) is 13.2 Å². The van der Waals surface area contributed by atoms with E-state index in [0.29, 0.717) is 0 Å². The number of rotatable bonds is 5. The summed E-state index contributed by atoms with van der Waals surface area (Å²) in [6.45, 7) is 2.12. The van der Waals surface area contributed by atoms with Crippen molar-refractivity contribution in [1.29, 1.82) is 0 Å². The van der Waals surface area contributed by atoms with Gasteiger partial charge in [0.2, 0.25) is 0 Å². The lowest BCUT2D eigenvalue weighted by Crippen LogP contribution is -1.93. The highest BCUT2D eigenvalue weighted by Crippen LogP contribution is 2.14. The van der Waals surface area contributed by atoms with Crippen LogP contribution in [0, 0.1) is 0 Å². The fourth-order valence-electron chi connectivity index (χ4n) is 1.39. The standard InChI is InChI=1S/C16H18O2/c1-3-4-6-9-15(12-13-16(17)18-2)14-10-7-5-8-11-14/h5-8,10-13H,3-4H2,1-2H3/b13-12-. The number of ether oxygens (including phenoxy) is 1. The molecule has 0 radical (unpaired) electrons. The van der Waals surface area contributed by atoms with E-state index in [4.69, 9.17) is 0 Å². The van der Waals surface area contributed by atoms with Gasteiger partial charge in [-0.2, -0.15) is 0 Å². The number of benzene rings is 1. The first kappa shape index (κ1) is 14.0. The molecule has 0 aromatic heterocycles. The average molecular weight is 242 g/mol. The van der Waals surface area contributed by atoms with E-state index in [1.54, 1.807) is 6.08 Å². The quantitative estimate of drug-likeness (QED) is 0.340. The number of esters is 1. The van der Waals surface area contributed by atoms with Crippen molar-refractivity contribution in [3.63, 3.8) is 0 Å². The molecule has 0 fully saturated rings. The van der Waals surface area contributed by atoms with Crippen molar-refractivity contribution in [1.82, 2.24) is 0 Å². The minimum Gasteiger partial charge on any atom is -0.466 e. The van der Waals surface area contributed by atoms with Gasteiger partial charge in [0.25, 0.3) is 0 Å². The zero-order valence-electron chi connectivity index (χ0n) is 10.8. The van der Waals surface area contributed by atoms with E-state index < -0.39 is 0 Å². The highest BCUT2D eigenvalue weighted by Gasteiger charge is 1.97. The second-order valence-corrected chi connectivity index (χ2v) is 3.77. The highest BCUT2D eigenvalue weighted by atomic mass is 16.5. The predicted molar refractivity (Wildman–Crippen MR) is 74.0 cm³/mol. The van der Waals surface area contributed by atoms with E-state index in [2.05, 4.69) is 17.4 Å². The fraction of sp³-hybridized carbons (Fsp3) is 0.250. The minimum absolute atomic E-state index is 0.360. The first-order valence-electron chi connectivity index (χ1n) is 6.04. The largest absolute Gasteiger partial charge is 0.466 e. The molecule has 0 atom stereocenters. The van der Waals surface area contributed by atoms with Crippen LogP contribution < -0.4 is 0 Å². The zero-order chi connectivity index (χ0) is 13.2. The molecule has 1 rings (SSSR count). The molecule has 0 aliphatic carbocycles. The van der Waals surface area contributed by atoms with Crippen molar-refractivity contribution < 1.29 is 9.53 Å². The first-order valence-corrected chi connectivity index (χ1v) is 6.04. The van der Waals surface area contributed by atoms with Crippen molar-refractivity contribution in [2.75, 3.05) is 7.11 Å². The summed E-state index contributed by atoms with van der Waals surface area (Å²) in [6.07, 6.45) is 7.19. The van der Waals surface area contributed by atoms with Gasteiger partial charge in [-0.15, -0.1) is 5.73 Å². The van der Waals surface area contributed by atoms with Crippen LogP contribution in [0.5, 0.6) is 0 Å². The number of carbonyl (C=O) groups excluding carboxylic acids is 1. The van der Waals surface area contributed by atoms with Gasteiger partial charge in [0.1, 0.15) is 0 Å². The van der Waals surface area contributed by atoms with E-state index in [-0.39, 0.29) is 5.97 Å². The molecule has 0 unspecified atom stereocenters. The summed E-state index contributed by atoms with van der Waals surface area (Å²) < 4.78 is 4.59. The number of hydrogen-bond donors (Lipinski definition) is 0. The SMILES string of the molecule is CCCC=C=C(/C=C\C(=O)OC)c1ccccc1. The number of carbonyl (C=O) groups is 1. The van der Waals surface area contributed by atoms with Gasteiger partial charge in [-0.05, 0) is 24.1 Å². The van der Waals surface area contributed by atoms with E-state index in [0.717, 1.165) is 24.0 Å². The molecule has 0 bridgehead atoms. The molecule has 0 spiro atoms. The normalized spacial score (nSPS) is 9.89. The Morgan fingerprint density at radius 1 is 1.28 bits per heavy atom. The lowest BCUT2D eigenvalue weighted by atomic mass is 10.1. The summed E-state index contributed by atoms with van der Waals surface area (Å²) in [4.78, 5) is 11.1. The molecule has 0 amide bonds. The van der Waals surface area contributed by atoms with Crippen LogP contribution in [0.25, 0.3) is 5.57 Å². The van der Waals surface area contributed by atoms with Crippen LogP contribution in [0.15, 0.2) is 54.3 Å². The third-order valence-electron chi connectivity index (χ3n) is 2.36. The van der Waals surface area contributed by atoms with E-state index >= 15 is 0 Å². The molecule has 0 aliphatic rings. The Labute approximate surface area is 108 Å². The number of hydrogen-bond acceptors (Lipinski definition) is 2. The summed E-state index contributed by atoms with van der Waals surface area (Å²) in [5, 5.41) is 0. The van der Waals surface area contributed by atoms with Gasteiger partial charge in [-0.3, -0.25) is 0 Å². The Balaban J connectivity index is 3.00. The van der Waals surface area contributed by atoms with Crippen LogP contribution in [-0.4, -0.2) is 13.1 Å². The molecule has 94 valence electrons. The molecule has 18 heavy (non-hydrogen) atoms. The second kappa shape index (κ2) is 8.10. The van der Waals surface area contributed by atoms with Crippen molar-refractivity contribution >= 4 is 11.5 Å². The average Bonchev–Trinajstić information content (AvgIpc) is 2.43. The molecule has 0 heterocycles. The van der Waals surface area contributed by atoms with Gasteiger partial charge in [0.05, 0.1) is 7.11 Å². The number of methoxy groups -OCH3 is 1. The Bertz CT molecular complexity index is 463. The van der Waals surface area contributed by atoms with Crippen molar-refractivity contribution in [2.45, 2.75) is 19.8 Å². The van der Waals surface area contributed by atoms with Crippen LogP contribution in [0.3, 0.4) is 0 Å². The van der Waals surface area contributed by atoms with Crippen LogP contribution >= 0.6 is 0 Å². The molecule has 1 aromatic carbocycles. The molecule has 0 saturated carbocycles. The van der Waals surface area contributed by atoms with Gasteiger partial charge in [-0.1, -0.05) is 43.7 Å². The molecule has 0 saturated heterocycles. The van der Waals surface area contributed by atoms with E-state index in [9.17, 15) is 4.79 Å². The molecule has 0 aliphatic heterocycles. The molecular weight excluding hydrogens is 224 g/mol. The Hall–Kier alpha value is -2.05. The fourth-order valence-corrected chi connectivity index (χ4v) is 1.39. The summed E-state index contributed by atoms with van der Waals surface area (Å²) >= 11 is 0. The van der Waals surface area contributed by atoms with Crippen LogP contribution in [0.2, 0.25) is 0 Å². The predicted octanol–water partition coefficient (Wildman–Crippen LogP) is 3.75. The summed E-state index contributed by atoms with van der Waals surface area (Å²) in [5.74, 6) is -0.360. The molecule has 2 nitrogen and oxygen atoms in total. The minimum atomic E-state index is -0.360. The Morgan fingerprint density at radius 2 is 2.00 bits per heavy atom. The van der Waals surface area contributed by atoms with Crippen molar-refractivity contribution in [3.8, 4) is 0 Å². The smallest absolute Gasteiger partial charge is 0.330 e. The number of allylic oxidation sites excluding steroid dienone is 2. The maximum absolute atomic E-state index is 11.1. The van der Waals surface area contributed by atoms with E-state index in [1.807, 2.05) is 36.4 Å². The van der Waals surface area contributed by atoms with Crippen molar-refractivity contribution in [3.05, 3.63) is 59.9 Å². The molecule has 2 heteroatoms. The maximum Gasteiger partial charge on any atom is 0.330 e. The van der Waals surface area contributed by atoms with Crippen molar-refractivity contribution in [2.24, 2.45) is 0 Å². The molecule has 1 aromatic rings. The Kier molecular flexibility index (Phi) is 6.31. The van der Waals surface area contributed by atoms with Gasteiger partial charge >= 0.3 is 5.97 Å². The molecule has 0 N–H and O–H groups in total. The monoisotopic (exact) mass is 242 g/mol. The van der Waals surface area contributed by atoms with Gasteiger partial charge in [0, 0.05) is 11.6 Å². The second-order valence-electron chi connectivity index (χ2n) is 3.77. The Morgan fingerprint density at radius 3 is 2.61 bits per heavy atom. The maximum atomic E-state index is 11.1. The van der Waals surface area contributed by atoms with Crippen LogP contribution in [-0.2, 0) is 9.53 Å². The summed E-state index contributed by atoms with van der Waals surface area (Å²) in [6, 6.07) is 9.86. The number of unbranched alkanes of at least 4 members (excludes halogenated alkanes) is 1. The van der Waals surface area contributed by atoms with Gasteiger partial charge in [0.15, 0.2) is 0 Å². The van der Waals surface area contributed by atoms with Gasteiger partial charge in [-0.25, -0.2) is 4.79 Å². The molecular formula is C16H18O2. The lowest BCUT2D eigenvalue weighted by Gasteiger charge is -1.98. The summed E-state index contributed by atoms with van der Waals surface area (Å²) in [7, 11) is 1.37. The third kappa shape index (κ3) is 4.86. The third-order valence-corrected chi connectivity index (χ3v) is 2.36. The van der Waals surface area contributed by atoms with Gasteiger partial charge < -0.3 is 4.74 Å². The first-order chi connectivity index (χ1) is 8.77. The zero-order valence-corrected chi connectivity index (χ0v) is 10.8. The highest BCUT2D eigenvalue weighted by molar-refractivity contribution is 5.86.